The molecule has 0 saturated carbocycles. The zero-order valence-electron chi connectivity index (χ0n) is 9.30. The van der Waals surface area contributed by atoms with Gasteiger partial charge in [-0.05, 0) is 25.8 Å². The van der Waals surface area contributed by atoms with Crippen LogP contribution in [0.1, 0.15) is 26.2 Å². The fourth-order valence-electron chi connectivity index (χ4n) is 1.71. The Bertz CT molecular complexity index is 237. The molecule has 0 spiro atoms. The number of hydrogen-bond donors (Lipinski definition) is 3. The van der Waals surface area contributed by atoms with Crippen molar-refractivity contribution in [1.29, 1.82) is 0 Å². The summed E-state index contributed by atoms with van der Waals surface area (Å²) < 4.78 is 0. The summed E-state index contributed by atoms with van der Waals surface area (Å²) in [6.45, 7) is 2.76. The fraction of sp³-hybridized carbons (Fsp3) is 0.800. The lowest BCUT2D eigenvalue weighted by Crippen LogP contribution is -2.50. The van der Waals surface area contributed by atoms with Gasteiger partial charge in [0.05, 0.1) is 6.04 Å². The van der Waals surface area contributed by atoms with E-state index < -0.39 is 6.04 Å². The minimum atomic E-state index is -0.412. The molecule has 15 heavy (non-hydrogen) atoms. The quantitative estimate of drug-likeness (QED) is 0.583. The van der Waals surface area contributed by atoms with Crippen LogP contribution >= 0.6 is 0 Å². The van der Waals surface area contributed by atoms with Gasteiger partial charge in [0.2, 0.25) is 11.8 Å². The van der Waals surface area contributed by atoms with Gasteiger partial charge in [0, 0.05) is 7.05 Å². The Morgan fingerprint density at radius 3 is 2.73 bits per heavy atom. The number of hydrogen-bond acceptors (Lipinski definition) is 3. The standard InChI is InChI=1S/C10H19N3O2/c1-3-7(9(14)11-2)13-10(15)8-5-4-6-12-8/h7-8,12H,3-6H2,1-2H3,(H,11,14)(H,13,15). The van der Waals surface area contributed by atoms with Gasteiger partial charge in [-0.2, -0.15) is 0 Å². The van der Waals surface area contributed by atoms with Crippen molar-refractivity contribution in [3.05, 3.63) is 0 Å². The van der Waals surface area contributed by atoms with Crippen molar-refractivity contribution in [2.45, 2.75) is 38.3 Å². The van der Waals surface area contributed by atoms with Gasteiger partial charge in [-0.15, -0.1) is 0 Å². The summed E-state index contributed by atoms with van der Waals surface area (Å²) in [4.78, 5) is 23.0. The molecule has 0 aromatic heterocycles. The molecule has 1 fully saturated rings. The molecule has 3 N–H and O–H groups in total. The van der Waals surface area contributed by atoms with E-state index >= 15 is 0 Å². The van der Waals surface area contributed by atoms with Gasteiger partial charge in [-0.1, -0.05) is 6.92 Å². The van der Waals surface area contributed by atoms with Gasteiger partial charge in [-0.25, -0.2) is 0 Å². The summed E-state index contributed by atoms with van der Waals surface area (Å²) in [7, 11) is 1.57. The van der Waals surface area contributed by atoms with Crippen molar-refractivity contribution in [1.82, 2.24) is 16.0 Å². The Balaban J connectivity index is 2.43. The van der Waals surface area contributed by atoms with Crippen LogP contribution in [-0.2, 0) is 9.59 Å². The summed E-state index contributed by atoms with van der Waals surface area (Å²) >= 11 is 0. The molecule has 2 atom stereocenters. The molecule has 1 aliphatic heterocycles. The van der Waals surface area contributed by atoms with Crippen LogP contribution in [0.15, 0.2) is 0 Å². The lowest BCUT2D eigenvalue weighted by molar-refractivity contribution is -0.129. The molecule has 1 rings (SSSR count). The van der Waals surface area contributed by atoms with Crippen molar-refractivity contribution in [2.75, 3.05) is 13.6 Å². The summed E-state index contributed by atoms with van der Waals surface area (Å²) in [6, 6.07) is -0.534. The Labute approximate surface area is 90.0 Å². The van der Waals surface area contributed by atoms with Crippen molar-refractivity contribution in [3.63, 3.8) is 0 Å². The molecule has 1 saturated heterocycles. The molecular weight excluding hydrogens is 194 g/mol. The molecule has 0 aromatic carbocycles. The monoisotopic (exact) mass is 213 g/mol. The van der Waals surface area contributed by atoms with E-state index in [1.165, 1.54) is 0 Å². The zero-order chi connectivity index (χ0) is 11.3. The summed E-state index contributed by atoms with van der Waals surface area (Å²) in [5, 5.41) is 8.38. The van der Waals surface area contributed by atoms with Crippen molar-refractivity contribution in [3.8, 4) is 0 Å². The smallest absolute Gasteiger partial charge is 0.242 e. The first-order valence-electron chi connectivity index (χ1n) is 5.44. The van der Waals surface area contributed by atoms with E-state index in [2.05, 4.69) is 16.0 Å². The zero-order valence-corrected chi connectivity index (χ0v) is 9.30. The molecule has 86 valence electrons. The molecule has 5 heteroatoms. The highest BCUT2D eigenvalue weighted by Crippen LogP contribution is 2.05. The van der Waals surface area contributed by atoms with Gasteiger partial charge in [0.15, 0.2) is 0 Å². The predicted octanol–water partition coefficient (Wildman–Crippen LogP) is -0.621. The second-order valence-corrected chi connectivity index (χ2v) is 3.73. The van der Waals surface area contributed by atoms with Crippen LogP contribution in [0.3, 0.4) is 0 Å². The van der Waals surface area contributed by atoms with Gasteiger partial charge in [0.1, 0.15) is 6.04 Å². The maximum atomic E-state index is 11.7. The Kier molecular flexibility index (Phi) is 4.55. The highest BCUT2D eigenvalue weighted by atomic mass is 16.2. The molecule has 1 aliphatic rings. The molecule has 0 aromatic rings. The molecule has 0 aliphatic carbocycles. The molecule has 5 nitrogen and oxygen atoms in total. The summed E-state index contributed by atoms with van der Waals surface area (Å²) in [6.07, 6.45) is 2.49. The number of nitrogens with one attached hydrogen (secondary N) is 3. The summed E-state index contributed by atoms with van der Waals surface area (Å²) in [5.41, 5.74) is 0. The third kappa shape index (κ3) is 3.20. The highest BCUT2D eigenvalue weighted by Gasteiger charge is 2.25. The van der Waals surface area contributed by atoms with Crippen molar-refractivity contribution < 1.29 is 9.59 Å². The molecule has 2 unspecified atom stereocenters. The topological polar surface area (TPSA) is 70.2 Å². The lowest BCUT2D eigenvalue weighted by Gasteiger charge is -2.18. The number of likely N-dealkylation sites (N-methyl/N-ethyl adjacent to an activating group) is 1. The van der Waals surface area contributed by atoms with Gasteiger partial charge in [0.25, 0.3) is 0 Å². The van der Waals surface area contributed by atoms with Gasteiger partial charge >= 0.3 is 0 Å². The van der Waals surface area contributed by atoms with Crippen molar-refractivity contribution in [2.24, 2.45) is 0 Å². The summed E-state index contributed by atoms with van der Waals surface area (Å²) in [5.74, 6) is -0.202. The van der Waals surface area contributed by atoms with E-state index in [9.17, 15) is 9.59 Å². The molecule has 0 bridgehead atoms. The normalized spacial score (nSPS) is 22.1. The van der Waals surface area contributed by atoms with Crippen LogP contribution < -0.4 is 16.0 Å². The second kappa shape index (κ2) is 5.70. The first kappa shape index (κ1) is 12.0. The SMILES string of the molecule is CCC(NC(=O)C1CCCN1)C(=O)NC. The van der Waals surface area contributed by atoms with Crippen molar-refractivity contribution >= 4 is 11.8 Å². The average molecular weight is 213 g/mol. The molecular formula is C10H19N3O2. The largest absolute Gasteiger partial charge is 0.357 e. The van der Waals surface area contributed by atoms with Crippen LogP contribution in [0.2, 0.25) is 0 Å². The van der Waals surface area contributed by atoms with E-state index in [-0.39, 0.29) is 17.9 Å². The number of carbonyl (C=O) groups excluding carboxylic acids is 2. The van der Waals surface area contributed by atoms with Crippen LogP contribution in [0.25, 0.3) is 0 Å². The van der Waals surface area contributed by atoms with E-state index in [4.69, 9.17) is 0 Å². The number of amides is 2. The van der Waals surface area contributed by atoms with E-state index in [1.54, 1.807) is 7.05 Å². The lowest BCUT2D eigenvalue weighted by atomic mass is 10.1. The minimum absolute atomic E-state index is 0.0667. The van der Waals surface area contributed by atoms with E-state index in [0.29, 0.717) is 6.42 Å². The minimum Gasteiger partial charge on any atom is -0.357 e. The number of rotatable bonds is 4. The average Bonchev–Trinajstić information content (AvgIpc) is 2.77. The number of carbonyl (C=O) groups is 2. The second-order valence-electron chi connectivity index (χ2n) is 3.73. The van der Waals surface area contributed by atoms with E-state index in [0.717, 1.165) is 19.4 Å². The van der Waals surface area contributed by atoms with Crippen LogP contribution in [0, 0.1) is 0 Å². The fourth-order valence-corrected chi connectivity index (χ4v) is 1.71. The Hall–Kier alpha value is -1.10. The third-order valence-electron chi connectivity index (χ3n) is 2.66. The maximum absolute atomic E-state index is 11.7. The molecule has 1 heterocycles. The van der Waals surface area contributed by atoms with Crippen LogP contribution in [0.4, 0.5) is 0 Å². The predicted molar refractivity (Wildman–Crippen MR) is 57.3 cm³/mol. The molecule has 2 amide bonds. The Morgan fingerprint density at radius 1 is 1.53 bits per heavy atom. The van der Waals surface area contributed by atoms with Crippen LogP contribution in [-0.4, -0.2) is 37.5 Å². The Morgan fingerprint density at radius 2 is 2.27 bits per heavy atom. The van der Waals surface area contributed by atoms with Gasteiger partial charge < -0.3 is 16.0 Å². The first-order valence-corrected chi connectivity index (χ1v) is 5.44. The first-order chi connectivity index (χ1) is 7.19. The maximum Gasteiger partial charge on any atom is 0.242 e. The highest BCUT2D eigenvalue weighted by molar-refractivity contribution is 5.89. The van der Waals surface area contributed by atoms with E-state index in [1.807, 2.05) is 6.92 Å². The van der Waals surface area contributed by atoms with Crippen LogP contribution in [0.5, 0.6) is 0 Å². The third-order valence-corrected chi connectivity index (χ3v) is 2.66. The van der Waals surface area contributed by atoms with Gasteiger partial charge in [-0.3, -0.25) is 9.59 Å². The molecule has 0 radical (unpaired) electrons.